The minimum absolute atomic E-state index is 0.0157. The lowest BCUT2D eigenvalue weighted by atomic mass is 10.1. The molecule has 1 aliphatic rings. The van der Waals surface area contributed by atoms with Crippen molar-refractivity contribution in [2.75, 3.05) is 6.79 Å². The monoisotopic (exact) mass is 378 g/mol. The van der Waals surface area contributed by atoms with Crippen molar-refractivity contribution in [2.45, 2.75) is 24.8 Å². The van der Waals surface area contributed by atoms with Crippen LogP contribution in [0, 0.1) is 0 Å². The standard InChI is InChI=1S/C12H12Br2O4/c1-6(13)12(18-7(2)15)8-3-10-11(4-9(8)14)17-5-16-10/h3-4,6,12H,5H2,1-2H3/t6-,12+/m0/s1. The molecule has 0 radical (unpaired) electrons. The molecule has 0 spiro atoms. The third kappa shape index (κ3) is 2.80. The van der Waals surface area contributed by atoms with E-state index in [0.29, 0.717) is 11.5 Å². The molecule has 6 heteroatoms. The largest absolute Gasteiger partial charge is 0.456 e. The Balaban J connectivity index is 2.38. The highest BCUT2D eigenvalue weighted by Crippen LogP contribution is 2.41. The van der Waals surface area contributed by atoms with Gasteiger partial charge in [-0.1, -0.05) is 31.9 Å². The Hall–Kier alpha value is -0.750. The van der Waals surface area contributed by atoms with Gasteiger partial charge in [0.25, 0.3) is 0 Å². The molecule has 2 rings (SSSR count). The SMILES string of the molecule is CC(=O)O[C@@H](c1cc2c(cc1Br)OCO2)[C@H](C)Br. The van der Waals surface area contributed by atoms with Crippen molar-refractivity contribution in [3.63, 3.8) is 0 Å². The second kappa shape index (κ2) is 5.48. The number of ether oxygens (including phenoxy) is 3. The summed E-state index contributed by atoms with van der Waals surface area (Å²) in [7, 11) is 0. The molecule has 1 aromatic carbocycles. The van der Waals surface area contributed by atoms with Gasteiger partial charge >= 0.3 is 5.97 Å². The maximum atomic E-state index is 11.2. The van der Waals surface area contributed by atoms with Crippen LogP contribution < -0.4 is 9.47 Å². The molecule has 0 unspecified atom stereocenters. The number of fused-ring (bicyclic) bond motifs is 1. The highest BCUT2D eigenvalue weighted by molar-refractivity contribution is 9.10. The summed E-state index contributed by atoms with van der Waals surface area (Å²) >= 11 is 6.91. The molecule has 0 bridgehead atoms. The first kappa shape index (κ1) is 13.7. The lowest BCUT2D eigenvalue weighted by molar-refractivity contribution is -0.146. The fraction of sp³-hybridized carbons (Fsp3) is 0.417. The van der Waals surface area contributed by atoms with Crippen molar-refractivity contribution in [1.82, 2.24) is 0 Å². The van der Waals surface area contributed by atoms with Crippen LogP contribution in [-0.2, 0) is 9.53 Å². The third-order valence-electron chi connectivity index (χ3n) is 2.51. The molecule has 2 atom stereocenters. The van der Waals surface area contributed by atoms with Gasteiger partial charge in [-0.2, -0.15) is 0 Å². The van der Waals surface area contributed by atoms with Crippen molar-refractivity contribution < 1.29 is 19.0 Å². The van der Waals surface area contributed by atoms with Gasteiger partial charge in [0.1, 0.15) is 6.10 Å². The maximum Gasteiger partial charge on any atom is 0.303 e. The smallest absolute Gasteiger partial charge is 0.303 e. The molecule has 0 aromatic heterocycles. The molecular weight excluding hydrogens is 368 g/mol. The quantitative estimate of drug-likeness (QED) is 0.594. The van der Waals surface area contributed by atoms with Crippen LogP contribution in [0.4, 0.5) is 0 Å². The van der Waals surface area contributed by atoms with Gasteiger partial charge in [0, 0.05) is 17.0 Å². The zero-order valence-electron chi connectivity index (χ0n) is 9.91. The van der Waals surface area contributed by atoms with Gasteiger partial charge in [0.15, 0.2) is 11.5 Å². The van der Waals surface area contributed by atoms with Crippen LogP contribution in [0.3, 0.4) is 0 Å². The fourth-order valence-electron chi connectivity index (χ4n) is 1.73. The van der Waals surface area contributed by atoms with Gasteiger partial charge < -0.3 is 14.2 Å². The Bertz CT molecular complexity index is 473. The second-order valence-electron chi connectivity index (χ2n) is 3.93. The molecule has 1 aromatic rings. The zero-order chi connectivity index (χ0) is 13.3. The molecular formula is C12H12Br2O4. The number of esters is 1. The highest BCUT2D eigenvalue weighted by atomic mass is 79.9. The summed E-state index contributed by atoms with van der Waals surface area (Å²) in [6, 6.07) is 3.65. The van der Waals surface area contributed by atoms with E-state index in [4.69, 9.17) is 14.2 Å². The molecule has 1 aliphatic heterocycles. The average molecular weight is 380 g/mol. The lowest BCUT2D eigenvalue weighted by Gasteiger charge is -2.21. The van der Waals surface area contributed by atoms with Gasteiger partial charge in [-0.05, 0) is 19.1 Å². The van der Waals surface area contributed by atoms with Crippen LogP contribution in [0.1, 0.15) is 25.5 Å². The normalized spacial score (nSPS) is 16.2. The first-order valence-corrected chi connectivity index (χ1v) is 7.10. The van der Waals surface area contributed by atoms with E-state index < -0.39 is 0 Å². The van der Waals surface area contributed by atoms with Crippen molar-refractivity contribution >= 4 is 37.8 Å². The Morgan fingerprint density at radius 3 is 2.56 bits per heavy atom. The number of rotatable bonds is 3. The lowest BCUT2D eigenvalue weighted by Crippen LogP contribution is -2.16. The van der Waals surface area contributed by atoms with Crippen molar-refractivity contribution in [2.24, 2.45) is 0 Å². The molecule has 0 amide bonds. The minimum Gasteiger partial charge on any atom is -0.456 e. The molecule has 0 aliphatic carbocycles. The first-order chi connectivity index (χ1) is 8.49. The molecule has 0 N–H and O–H groups in total. The summed E-state index contributed by atoms with van der Waals surface area (Å²) in [4.78, 5) is 11.1. The van der Waals surface area contributed by atoms with Crippen molar-refractivity contribution in [1.29, 1.82) is 0 Å². The Labute approximate surface area is 122 Å². The predicted molar refractivity (Wildman–Crippen MR) is 73.2 cm³/mol. The molecule has 4 nitrogen and oxygen atoms in total. The van der Waals surface area contributed by atoms with E-state index in [1.165, 1.54) is 6.92 Å². The van der Waals surface area contributed by atoms with Crippen LogP contribution >= 0.6 is 31.9 Å². The van der Waals surface area contributed by atoms with Gasteiger partial charge in [-0.15, -0.1) is 0 Å². The Kier molecular flexibility index (Phi) is 4.17. The van der Waals surface area contributed by atoms with E-state index in [1.54, 1.807) is 0 Å². The van der Waals surface area contributed by atoms with Crippen LogP contribution in [-0.4, -0.2) is 17.6 Å². The summed E-state index contributed by atoms with van der Waals surface area (Å²) in [5, 5.41) is 0. The van der Waals surface area contributed by atoms with Crippen molar-refractivity contribution in [3.8, 4) is 11.5 Å². The first-order valence-electron chi connectivity index (χ1n) is 5.39. The summed E-state index contributed by atoms with van der Waals surface area (Å²) in [5.74, 6) is 1.03. The van der Waals surface area contributed by atoms with Crippen LogP contribution in [0.5, 0.6) is 11.5 Å². The maximum absolute atomic E-state index is 11.2. The van der Waals surface area contributed by atoms with E-state index in [9.17, 15) is 4.79 Å². The summed E-state index contributed by atoms with van der Waals surface area (Å²) in [6.45, 7) is 3.53. The number of hydrogen-bond donors (Lipinski definition) is 0. The van der Waals surface area contributed by atoms with Gasteiger partial charge in [0.05, 0.1) is 4.83 Å². The Morgan fingerprint density at radius 1 is 1.39 bits per heavy atom. The molecule has 0 saturated carbocycles. The topological polar surface area (TPSA) is 44.8 Å². The van der Waals surface area contributed by atoms with Gasteiger partial charge in [-0.3, -0.25) is 4.79 Å². The molecule has 98 valence electrons. The molecule has 0 saturated heterocycles. The number of benzene rings is 1. The van der Waals surface area contributed by atoms with E-state index in [1.807, 2.05) is 19.1 Å². The number of carbonyl (C=O) groups excluding carboxylic acids is 1. The van der Waals surface area contributed by atoms with E-state index in [0.717, 1.165) is 10.0 Å². The molecule has 1 heterocycles. The molecule has 0 fully saturated rings. The van der Waals surface area contributed by atoms with Crippen LogP contribution in [0.15, 0.2) is 16.6 Å². The van der Waals surface area contributed by atoms with Gasteiger partial charge in [-0.25, -0.2) is 0 Å². The summed E-state index contributed by atoms with van der Waals surface area (Å²) in [6.07, 6.45) is -0.383. The molecule has 18 heavy (non-hydrogen) atoms. The van der Waals surface area contributed by atoms with E-state index >= 15 is 0 Å². The van der Waals surface area contributed by atoms with Gasteiger partial charge in [0.2, 0.25) is 6.79 Å². The highest BCUT2D eigenvalue weighted by Gasteiger charge is 2.26. The Morgan fingerprint density at radius 2 is 2.00 bits per heavy atom. The average Bonchev–Trinajstić information content (AvgIpc) is 2.71. The summed E-state index contributed by atoms with van der Waals surface area (Å²) < 4.78 is 16.8. The van der Waals surface area contributed by atoms with Crippen LogP contribution in [0.25, 0.3) is 0 Å². The fourth-order valence-corrected chi connectivity index (χ4v) is 2.68. The number of alkyl halides is 1. The second-order valence-corrected chi connectivity index (χ2v) is 6.23. The van der Waals surface area contributed by atoms with E-state index in [2.05, 4.69) is 31.9 Å². The number of hydrogen-bond acceptors (Lipinski definition) is 4. The van der Waals surface area contributed by atoms with Crippen LogP contribution in [0.2, 0.25) is 0 Å². The van der Waals surface area contributed by atoms with E-state index in [-0.39, 0.29) is 23.7 Å². The number of halogens is 2. The summed E-state index contributed by atoms with van der Waals surface area (Å²) in [5.41, 5.74) is 0.846. The minimum atomic E-state index is -0.383. The predicted octanol–water partition coefficient (Wildman–Crippen LogP) is 3.57. The third-order valence-corrected chi connectivity index (χ3v) is 3.68. The van der Waals surface area contributed by atoms with Crippen molar-refractivity contribution in [3.05, 3.63) is 22.2 Å². The zero-order valence-corrected chi connectivity index (χ0v) is 13.1. The number of carbonyl (C=O) groups is 1.